The molecule has 0 aliphatic carbocycles. The van der Waals surface area contributed by atoms with E-state index in [4.69, 9.17) is 0 Å². The largest absolute Gasteiger partial charge is 0.421 e. The van der Waals surface area contributed by atoms with Crippen LogP contribution in [0.5, 0.6) is 0 Å². The Balaban J connectivity index is 1.71. The van der Waals surface area contributed by atoms with E-state index in [-0.39, 0.29) is 36.0 Å². The van der Waals surface area contributed by atoms with Crippen LogP contribution in [0.4, 0.5) is 24.5 Å². The summed E-state index contributed by atoms with van der Waals surface area (Å²) in [6.45, 7) is 0.755. The van der Waals surface area contributed by atoms with Gasteiger partial charge in [-0.3, -0.25) is 4.31 Å². The molecule has 0 unspecified atom stereocenters. The van der Waals surface area contributed by atoms with E-state index >= 15 is 0 Å². The van der Waals surface area contributed by atoms with Crippen molar-refractivity contribution in [3.8, 4) is 0 Å². The van der Waals surface area contributed by atoms with Gasteiger partial charge in [-0.2, -0.15) is 17.5 Å². The molecule has 1 aliphatic heterocycles. The Bertz CT molecular complexity index is 1480. The van der Waals surface area contributed by atoms with Crippen molar-refractivity contribution in [2.24, 2.45) is 0 Å². The van der Waals surface area contributed by atoms with Crippen molar-refractivity contribution in [3.63, 3.8) is 0 Å². The predicted molar refractivity (Wildman–Crippen MR) is 145 cm³/mol. The highest BCUT2D eigenvalue weighted by atomic mass is 32.2. The summed E-state index contributed by atoms with van der Waals surface area (Å²) in [6.07, 6.45) is -3.83. The predicted octanol–water partition coefficient (Wildman–Crippen LogP) is 3.86. The summed E-state index contributed by atoms with van der Waals surface area (Å²) in [7, 11) is -7.62. The fraction of sp³-hybridized carbons (Fsp3) is 0.360. The van der Waals surface area contributed by atoms with Gasteiger partial charge in [0.25, 0.3) is 10.0 Å². The zero-order valence-electron chi connectivity index (χ0n) is 21.1. The van der Waals surface area contributed by atoms with Crippen LogP contribution in [0, 0.1) is 0 Å². The highest BCUT2D eigenvalue weighted by Crippen LogP contribution is 2.39. The van der Waals surface area contributed by atoms with E-state index in [2.05, 4.69) is 0 Å². The maximum Gasteiger partial charge on any atom is 0.421 e. The van der Waals surface area contributed by atoms with Crippen molar-refractivity contribution < 1.29 is 35.1 Å². The number of hydrogen-bond donors (Lipinski definition) is 1. The standard InChI is InChI=1S/C25H28F3N3O5S3/c1-24(32,25(26,27)28)19-10-12-20(13-11-19)30-15-14-29(39(35,36)23-9-6-16-37-23)17-22(30)18-31(38(2,33)34)21-7-4-3-5-8-21/h3-13,16,22,32H,14-15,17-18H2,1-2H3/t22-,24+/m1/s1. The minimum absolute atomic E-state index is 0.0545. The molecule has 0 radical (unpaired) electrons. The smallest absolute Gasteiger partial charge is 0.376 e. The van der Waals surface area contributed by atoms with Gasteiger partial charge in [0.1, 0.15) is 4.21 Å². The Morgan fingerprint density at radius 3 is 2.15 bits per heavy atom. The zero-order valence-corrected chi connectivity index (χ0v) is 23.6. The van der Waals surface area contributed by atoms with Gasteiger partial charge in [-0.05, 0) is 48.2 Å². The van der Waals surface area contributed by atoms with E-state index < -0.39 is 37.9 Å². The number of rotatable bonds is 8. The Labute approximate surface area is 230 Å². The summed E-state index contributed by atoms with van der Waals surface area (Å²) in [5.74, 6) is 0. The Hall–Kier alpha value is -2.65. The van der Waals surface area contributed by atoms with Gasteiger partial charge in [0, 0.05) is 25.3 Å². The van der Waals surface area contributed by atoms with Crippen molar-refractivity contribution in [1.29, 1.82) is 0 Å². The number of thiophene rings is 1. The van der Waals surface area contributed by atoms with E-state index in [1.54, 1.807) is 46.7 Å². The summed E-state index contributed by atoms with van der Waals surface area (Å²) in [6, 6.07) is 16.0. The third-order valence-corrected chi connectivity index (χ3v) is 11.1. The van der Waals surface area contributed by atoms with Gasteiger partial charge >= 0.3 is 6.18 Å². The van der Waals surface area contributed by atoms with Gasteiger partial charge in [0.05, 0.1) is 24.5 Å². The van der Waals surface area contributed by atoms with Crippen molar-refractivity contribution in [2.75, 3.05) is 41.6 Å². The first-order chi connectivity index (χ1) is 18.1. The maximum absolute atomic E-state index is 13.3. The van der Waals surface area contributed by atoms with Crippen molar-refractivity contribution in [1.82, 2.24) is 4.31 Å². The van der Waals surface area contributed by atoms with Crippen LogP contribution in [0.3, 0.4) is 0 Å². The lowest BCUT2D eigenvalue weighted by atomic mass is 9.95. The summed E-state index contributed by atoms with van der Waals surface area (Å²) < 4.78 is 94.9. The van der Waals surface area contributed by atoms with E-state index in [0.717, 1.165) is 17.6 Å². The molecule has 1 fully saturated rings. The molecule has 0 bridgehead atoms. The molecule has 4 rings (SSSR count). The number of sulfonamides is 2. The summed E-state index contributed by atoms with van der Waals surface area (Å²) >= 11 is 1.08. The highest BCUT2D eigenvalue weighted by Gasteiger charge is 2.51. The van der Waals surface area contributed by atoms with Gasteiger partial charge in [0.2, 0.25) is 10.0 Å². The van der Waals surface area contributed by atoms with Crippen LogP contribution in [-0.4, -0.2) is 70.9 Å². The summed E-state index contributed by atoms with van der Waals surface area (Å²) in [5.41, 5.74) is -2.54. The summed E-state index contributed by atoms with van der Waals surface area (Å²) in [4.78, 5) is 1.79. The second-order valence-corrected chi connectivity index (χ2v) is 14.4. The SMILES string of the molecule is C[C@](O)(c1ccc(N2CCN(S(=O)(=O)c3cccs3)C[C@@H]2CN(c2ccccc2)S(C)(=O)=O)cc1)C(F)(F)F. The molecule has 2 heterocycles. The fourth-order valence-corrected chi connectivity index (χ4v) is 8.00. The molecule has 0 amide bonds. The van der Waals surface area contributed by atoms with E-state index in [1.807, 2.05) is 0 Å². The monoisotopic (exact) mass is 603 g/mol. The van der Waals surface area contributed by atoms with Crippen LogP contribution in [0.15, 0.2) is 76.3 Å². The van der Waals surface area contributed by atoms with Crippen LogP contribution in [0.25, 0.3) is 0 Å². The molecule has 0 saturated carbocycles. The van der Waals surface area contributed by atoms with Gasteiger partial charge < -0.3 is 10.0 Å². The van der Waals surface area contributed by atoms with E-state index in [9.17, 15) is 35.1 Å². The van der Waals surface area contributed by atoms with Gasteiger partial charge in [-0.1, -0.05) is 36.4 Å². The Kier molecular flexibility index (Phi) is 8.07. The number of nitrogens with zero attached hydrogens (tertiary/aromatic N) is 3. The third-order valence-electron chi connectivity index (χ3n) is 6.67. The third kappa shape index (κ3) is 6.09. The van der Waals surface area contributed by atoms with Crippen LogP contribution >= 0.6 is 11.3 Å². The van der Waals surface area contributed by atoms with E-state index in [1.165, 1.54) is 38.9 Å². The van der Waals surface area contributed by atoms with Crippen molar-refractivity contribution in [3.05, 3.63) is 77.7 Å². The van der Waals surface area contributed by atoms with Crippen molar-refractivity contribution >= 4 is 42.8 Å². The topological polar surface area (TPSA) is 98.2 Å². The molecule has 1 N–H and O–H groups in total. The second-order valence-electron chi connectivity index (χ2n) is 9.39. The van der Waals surface area contributed by atoms with E-state index in [0.29, 0.717) is 18.3 Å². The van der Waals surface area contributed by atoms with Crippen molar-refractivity contribution in [2.45, 2.75) is 29.0 Å². The van der Waals surface area contributed by atoms with Crippen LogP contribution in [0.1, 0.15) is 12.5 Å². The molecule has 39 heavy (non-hydrogen) atoms. The first kappa shape index (κ1) is 29.3. The molecule has 8 nitrogen and oxygen atoms in total. The molecular weight excluding hydrogens is 575 g/mol. The molecule has 1 saturated heterocycles. The lowest BCUT2D eigenvalue weighted by Gasteiger charge is -2.43. The number of alkyl halides is 3. The first-order valence-corrected chi connectivity index (χ1v) is 16.0. The molecule has 14 heteroatoms. The average molecular weight is 604 g/mol. The number of benzene rings is 2. The minimum atomic E-state index is -4.88. The molecule has 3 aromatic rings. The zero-order chi connectivity index (χ0) is 28.6. The number of piperazine rings is 1. The quantitative estimate of drug-likeness (QED) is 0.420. The van der Waals surface area contributed by atoms with Gasteiger partial charge in [-0.25, -0.2) is 16.8 Å². The lowest BCUT2D eigenvalue weighted by molar-refractivity contribution is -0.258. The molecule has 0 spiro atoms. The Morgan fingerprint density at radius 1 is 0.974 bits per heavy atom. The summed E-state index contributed by atoms with van der Waals surface area (Å²) in [5, 5.41) is 11.7. The maximum atomic E-state index is 13.3. The van der Waals surface area contributed by atoms with Gasteiger partial charge in [0.15, 0.2) is 5.60 Å². The Morgan fingerprint density at radius 2 is 1.62 bits per heavy atom. The molecular formula is C25H28F3N3O5S3. The van der Waals surface area contributed by atoms with Crippen LogP contribution in [0.2, 0.25) is 0 Å². The number of para-hydroxylation sites is 1. The molecule has 2 atom stereocenters. The minimum Gasteiger partial charge on any atom is -0.376 e. The number of halogens is 3. The number of hydrogen-bond acceptors (Lipinski definition) is 7. The number of anilines is 2. The van der Waals surface area contributed by atoms with Crippen LogP contribution < -0.4 is 9.21 Å². The first-order valence-electron chi connectivity index (χ1n) is 11.8. The molecule has 1 aromatic heterocycles. The van der Waals surface area contributed by atoms with Crippen LogP contribution in [-0.2, 0) is 25.6 Å². The van der Waals surface area contributed by atoms with Gasteiger partial charge in [-0.15, -0.1) is 11.3 Å². The molecule has 1 aliphatic rings. The highest BCUT2D eigenvalue weighted by molar-refractivity contribution is 7.92. The lowest BCUT2D eigenvalue weighted by Crippen LogP contribution is -2.59. The average Bonchev–Trinajstić information content (AvgIpc) is 3.42. The fourth-order valence-electron chi connectivity index (χ4n) is 4.44. The second kappa shape index (κ2) is 10.7. The number of aliphatic hydroxyl groups is 1. The molecule has 2 aromatic carbocycles. The normalized spacial score (nSPS) is 19.0. The molecule has 212 valence electrons.